The van der Waals surface area contributed by atoms with Crippen molar-refractivity contribution in [3.8, 4) is 0 Å². The maximum Gasteiger partial charge on any atom is 0.233 e. The van der Waals surface area contributed by atoms with E-state index in [4.69, 9.17) is 0 Å². The van der Waals surface area contributed by atoms with E-state index in [9.17, 15) is 4.79 Å². The topological polar surface area (TPSA) is 41.1 Å². The van der Waals surface area contributed by atoms with Crippen molar-refractivity contribution >= 4 is 30.1 Å². The van der Waals surface area contributed by atoms with Crippen LogP contribution in [0.3, 0.4) is 0 Å². The minimum atomic E-state index is 0. The standard InChI is InChI=1S/C12H24N2OS.ClH/c1-4-16-11(9(2)3)12(15)14-8-10-6-5-7-13-10;/h9-11,13H,4-8H2,1-3H3,(H,14,15);1H. The lowest BCUT2D eigenvalue weighted by atomic mass is 10.1. The van der Waals surface area contributed by atoms with Crippen LogP contribution in [0.5, 0.6) is 0 Å². The van der Waals surface area contributed by atoms with Gasteiger partial charge in [-0.05, 0) is 31.1 Å². The van der Waals surface area contributed by atoms with Crippen molar-refractivity contribution in [1.29, 1.82) is 0 Å². The Bertz CT molecular complexity index is 221. The fraction of sp³-hybridized carbons (Fsp3) is 0.917. The molecular weight excluding hydrogens is 256 g/mol. The zero-order chi connectivity index (χ0) is 12.0. The molecule has 3 nitrogen and oxygen atoms in total. The fourth-order valence-corrected chi connectivity index (χ4v) is 2.98. The van der Waals surface area contributed by atoms with Crippen LogP contribution in [0.15, 0.2) is 0 Å². The van der Waals surface area contributed by atoms with Crippen LogP contribution in [0.2, 0.25) is 0 Å². The van der Waals surface area contributed by atoms with E-state index < -0.39 is 0 Å². The zero-order valence-electron chi connectivity index (χ0n) is 11.0. The van der Waals surface area contributed by atoms with Crippen LogP contribution >= 0.6 is 24.2 Å². The number of carbonyl (C=O) groups is 1. The summed E-state index contributed by atoms with van der Waals surface area (Å²) >= 11 is 1.74. The molecule has 0 spiro atoms. The average molecular weight is 281 g/mol. The molecule has 2 atom stereocenters. The van der Waals surface area contributed by atoms with Crippen molar-refractivity contribution in [3.05, 3.63) is 0 Å². The van der Waals surface area contributed by atoms with E-state index in [1.807, 2.05) is 0 Å². The monoisotopic (exact) mass is 280 g/mol. The van der Waals surface area contributed by atoms with Crippen LogP contribution in [-0.4, -0.2) is 36.0 Å². The van der Waals surface area contributed by atoms with Gasteiger partial charge < -0.3 is 10.6 Å². The molecule has 102 valence electrons. The van der Waals surface area contributed by atoms with Crippen LogP contribution in [-0.2, 0) is 4.79 Å². The van der Waals surface area contributed by atoms with E-state index in [0.29, 0.717) is 12.0 Å². The Hall–Kier alpha value is 0.0700. The van der Waals surface area contributed by atoms with Crippen molar-refractivity contribution in [1.82, 2.24) is 10.6 Å². The predicted molar refractivity (Wildman–Crippen MR) is 78.0 cm³/mol. The van der Waals surface area contributed by atoms with Crippen molar-refractivity contribution < 1.29 is 4.79 Å². The SMILES string of the molecule is CCSC(C(=O)NCC1CCCN1)C(C)C.Cl. The van der Waals surface area contributed by atoms with Gasteiger partial charge in [0, 0.05) is 12.6 Å². The summed E-state index contributed by atoms with van der Waals surface area (Å²) in [6, 6.07) is 0.489. The molecule has 0 aliphatic carbocycles. The van der Waals surface area contributed by atoms with E-state index in [1.54, 1.807) is 11.8 Å². The Morgan fingerprint density at radius 1 is 1.53 bits per heavy atom. The maximum atomic E-state index is 12.0. The van der Waals surface area contributed by atoms with Crippen molar-refractivity contribution in [2.75, 3.05) is 18.8 Å². The normalized spacial score (nSPS) is 21.1. The maximum absolute atomic E-state index is 12.0. The van der Waals surface area contributed by atoms with E-state index in [0.717, 1.165) is 18.8 Å². The second kappa shape index (κ2) is 9.06. The molecule has 5 heteroatoms. The fourth-order valence-electron chi connectivity index (χ4n) is 2.01. The highest BCUT2D eigenvalue weighted by Crippen LogP contribution is 2.19. The summed E-state index contributed by atoms with van der Waals surface area (Å²) in [4.78, 5) is 12.0. The van der Waals surface area contributed by atoms with Gasteiger partial charge in [0.05, 0.1) is 5.25 Å². The molecule has 0 radical (unpaired) electrons. The van der Waals surface area contributed by atoms with E-state index >= 15 is 0 Å². The van der Waals surface area contributed by atoms with Gasteiger partial charge in [0.2, 0.25) is 5.91 Å². The molecule has 1 aliphatic rings. The number of amides is 1. The first kappa shape index (κ1) is 17.1. The number of rotatable bonds is 6. The third kappa shape index (κ3) is 5.98. The molecule has 0 aromatic carbocycles. The van der Waals surface area contributed by atoms with Gasteiger partial charge in [-0.1, -0.05) is 20.8 Å². The Morgan fingerprint density at radius 3 is 2.71 bits per heavy atom. The van der Waals surface area contributed by atoms with E-state index in [-0.39, 0.29) is 23.6 Å². The highest BCUT2D eigenvalue weighted by molar-refractivity contribution is 8.00. The molecule has 1 amide bonds. The molecular formula is C12H25ClN2OS. The molecule has 1 rings (SSSR count). The highest BCUT2D eigenvalue weighted by Gasteiger charge is 2.23. The highest BCUT2D eigenvalue weighted by atomic mass is 35.5. The summed E-state index contributed by atoms with van der Waals surface area (Å²) in [5.41, 5.74) is 0. The van der Waals surface area contributed by atoms with E-state index in [2.05, 4.69) is 31.4 Å². The number of hydrogen-bond donors (Lipinski definition) is 2. The van der Waals surface area contributed by atoms with Crippen molar-refractivity contribution in [3.63, 3.8) is 0 Å². The number of carbonyl (C=O) groups excluding carboxylic acids is 1. The van der Waals surface area contributed by atoms with Crippen molar-refractivity contribution in [2.45, 2.75) is 44.9 Å². The number of nitrogens with one attached hydrogen (secondary N) is 2. The zero-order valence-corrected chi connectivity index (χ0v) is 12.6. The summed E-state index contributed by atoms with van der Waals surface area (Å²) in [6.45, 7) is 8.21. The van der Waals surface area contributed by atoms with Gasteiger partial charge in [-0.15, -0.1) is 24.2 Å². The molecule has 2 unspecified atom stereocenters. The minimum Gasteiger partial charge on any atom is -0.354 e. The molecule has 1 fully saturated rings. The summed E-state index contributed by atoms with van der Waals surface area (Å²) < 4.78 is 0. The first-order valence-corrected chi connectivity index (χ1v) is 7.32. The van der Waals surface area contributed by atoms with Crippen LogP contribution in [0, 0.1) is 5.92 Å². The predicted octanol–water partition coefficient (Wildman–Crippen LogP) is 2.05. The van der Waals surface area contributed by atoms with Gasteiger partial charge >= 0.3 is 0 Å². The summed E-state index contributed by atoms with van der Waals surface area (Å²) in [7, 11) is 0. The molecule has 1 saturated heterocycles. The summed E-state index contributed by atoms with van der Waals surface area (Å²) in [6.07, 6.45) is 2.42. The van der Waals surface area contributed by atoms with Crippen LogP contribution < -0.4 is 10.6 Å². The van der Waals surface area contributed by atoms with Crippen LogP contribution in [0.4, 0.5) is 0 Å². The largest absolute Gasteiger partial charge is 0.354 e. The number of hydrogen-bond acceptors (Lipinski definition) is 3. The molecule has 0 bridgehead atoms. The smallest absolute Gasteiger partial charge is 0.233 e. The first-order valence-electron chi connectivity index (χ1n) is 6.27. The number of halogens is 1. The van der Waals surface area contributed by atoms with Gasteiger partial charge in [-0.2, -0.15) is 0 Å². The van der Waals surface area contributed by atoms with Gasteiger partial charge in [-0.25, -0.2) is 0 Å². The summed E-state index contributed by atoms with van der Waals surface area (Å²) in [5.74, 6) is 1.61. The second-order valence-electron chi connectivity index (χ2n) is 4.66. The third-order valence-electron chi connectivity index (χ3n) is 2.90. The van der Waals surface area contributed by atoms with Gasteiger partial charge in [0.25, 0.3) is 0 Å². The van der Waals surface area contributed by atoms with Gasteiger partial charge in [-0.3, -0.25) is 4.79 Å². The molecule has 2 N–H and O–H groups in total. The third-order valence-corrected chi connectivity index (χ3v) is 4.35. The minimum absolute atomic E-state index is 0. The summed E-state index contributed by atoms with van der Waals surface area (Å²) in [5, 5.41) is 6.56. The van der Waals surface area contributed by atoms with Gasteiger partial charge in [0.1, 0.15) is 0 Å². The lowest BCUT2D eigenvalue weighted by Crippen LogP contribution is -2.42. The quantitative estimate of drug-likeness (QED) is 0.782. The molecule has 0 saturated carbocycles. The van der Waals surface area contributed by atoms with E-state index in [1.165, 1.54) is 12.8 Å². The van der Waals surface area contributed by atoms with Crippen LogP contribution in [0.1, 0.15) is 33.6 Å². The Balaban J connectivity index is 0.00000256. The average Bonchev–Trinajstić information content (AvgIpc) is 2.75. The van der Waals surface area contributed by atoms with Gasteiger partial charge in [0.15, 0.2) is 0 Å². The first-order chi connectivity index (χ1) is 7.65. The Morgan fingerprint density at radius 2 is 2.24 bits per heavy atom. The second-order valence-corrected chi connectivity index (χ2v) is 6.08. The number of thioether (sulfide) groups is 1. The molecule has 0 aromatic rings. The van der Waals surface area contributed by atoms with Crippen LogP contribution in [0.25, 0.3) is 0 Å². The molecule has 1 aliphatic heterocycles. The molecule has 1 heterocycles. The molecule has 0 aromatic heterocycles. The lowest BCUT2D eigenvalue weighted by molar-refractivity contribution is -0.121. The molecule has 17 heavy (non-hydrogen) atoms. The Kier molecular flexibility index (Phi) is 9.10. The van der Waals surface area contributed by atoms with Crippen molar-refractivity contribution in [2.24, 2.45) is 5.92 Å². The Labute approximate surface area is 115 Å². The lowest BCUT2D eigenvalue weighted by Gasteiger charge is -2.20.